The maximum Gasteiger partial charge on any atom is 0.410 e. The second kappa shape index (κ2) is 13.0. The van der Waals surface area contributed by atoms with Gasteiger partial charge in [0, 0.05) is 38.4 Å². The summed E-state index contributed by atoms with van der Waals surface area (Å²) in [4.78, 5) is 45.9. The van der Waals surface area contributed by atoms with Gasteiger partial charge in [0.05, 0.1) is 35.1 Å². The Labute approximate surface area is 248 Å². The van der Waals surface area contributed by atoms with Crippen molar-refractivity contribution in [3.63, 3.8) is 0 Å². The summed E-state index contributed by atoms with van der Waals surface area (Å²) in [7, 11) is 1.92. The van der Waals surface area contributed by atoms with Gasteiger partial charge in [-0.05, 0) is 45.4 Å². The topological polar surface area (TPSA) is 131 Å². The van der Waals surface area contributed by atoms with Gasteiger partial charge >= 0.3 is 12.1 Å². The predicted molar refractivity (Wildman–Crippen MR) is 160 cm³/mol. The molecule has 0 aliphatic carbocycles. The van der Waals surface area contributed by atoms with Crippen LogP contribution < -0.4 is 0 Å². The van der Waals surface area contributed by atoms with Crippen LogP contribution in [0.15, 0.2) is 30.4 Å². The number of amides is 1. The summed E-state index contributed by atoms with van der Waals surface area (Å²) < 4.78 is 13.5. The smallest absolute Gasteiger partial charge is 0.410 e. The number of cyclic esters (lactones) is 1. The highest BCUT2D eigenvalue weighted by molar-refractivity contribution is 5.88. The van der Waals surface area contributed by atoms with Gasteiger partial charge in [-0.3, -0.25) is 9.59 Å². The number of carbonyl (C=O) groups excluding carboxylic acids is 3. The van der Waals surface area contributed by atoms with E-state index in [0.29, 0.717) is 5.56 Å². The molecule has 10 heteroatoms. The fourth-order valence-corrected chi connectivity index (χ4v) is 5.19. The van der Waals surface area contributed by atoms with Crippen molar-refractivity contribution in [2.75, 3.05) is 13.1 Å². The first-order chi connectivity index (χ1) is 19.4. The predicted octanol–water partition coefficient (Wildman–Crippen LogP) is 4.64. The van der Waals surface area contributed by atoms with Crippen LogP contribution in [-0.2, 0) is 26.1 Å². The number of hydrogen-bond donors (Lipinski definition) is 2. The molecule has 2 heterocycles. The normalized spacial score (nSPS) is 27.5. The summed E-state index contributed by atoms with van der Waals surface area (Å²) in [6, 6.07) is 5.65. The number of imidazole rings is 1. The second-order valence-electron chi connectivity index (χ2n) is 13.0. The number of Topliss-reactive ketones (excluding diaryl/α,β-unsaturated/α-hetero) is 1. The molecule has 0 spiro atoms. The minimum absolute atomic E-state index is 0.192. The van der Waals surface area contributed by atoms with Crippen LogP contribution in [0.1, 0.15) is 78.8 Å². The largest absolute Gasteiger partial charge is 0.457 e. The summed E-state index contributed by atoms with van der Waals surface area (Å²) in [5.74, 6) is -1.41. The molecule has 3 rings (SSSR count). The van der Waals surface area contributed by atoms with Crippen LogP contribution in [0, 0.1) is 24.2 Å². The Hall–Kier alpha value is -3.24. The highest BCUT2D eigenvalue weighted by atomic mass is 16.6. The molecule has 0 saturated heterocycles. The molecule has 1 unspecified atom stereocenters. The average Bonchev–Trinajstić information content (AvgIpc) is 3.18. The zero-order valence-electron chi connectivity index (χ0n) is 26.4. The van der Waals surface area contributed by atoms with Crippen LogP contribution in [0.2, 0.25) is 0 Å². The number of aromatic nitrogens is 2. The molecule has 42 heavy (non-hydrogen) atoms. The lowest BCUT2D eigenvalue weighted by atomic mass is 9.73. The number of aliphatic hydroxyl groups excluding tert-OH is 2. The van der Waals surface area contributed by atoms with Crippen LogP contribution >= 0.6 is 0 Å². The molecule has 2 aromatic rings. The number of fused-ring (bicyclic) bond motifs is 1. The lowest BCUT2D eigenvalue weighted by Gasteiger charge is -2.34. The van der Waals surface area contributed by atoms with E-state index in [2.05, 4.69) is 4.98 Å². The highest BCUT2D eigenvalue weighted by Crippen LogP contribution is 2.33. The number of aliphatic hydroxyl groups is 2. The van der Waals surface area contributed by atoms with Gasteiger partial charge in [0.25, 0.3) is 0 Å². The quantitative estimate of drug-likeness (QED) is 0.366. The molecule has 10 nitrogen and oxygen atoms in total. The van der Waals surface area contributed by atoms with Crippen molar-refractivity contribution in [2.45, 2.75) is 92.1 Å². The number of nitrogens with zero attached hydrogens (tertiary/aromatic N) is 3. The van der Waals surface area contributed by atoms with Gasteiger partial charge in [-0.15, -0.1) is 0 Å². The number of rotatable bonds is 1. The van der Waals surface area contributed by atoms with Crippen LogP contribution in [-0.4, -0.2) is 73.4 Å². The average molecular weight is 586 g/mol. The summed E-state index contributed by atoms with van der Waals surface area (Å²) in [5.41, 5.74) is 0.359. The zero-order chi connectivity index (χ0) is 31.6. The van der Waals surface area contributed by atoms with E-state index in [9.17, 15) is 24.6 Å². The van der Waals surface area contributed by atoms with E-state index in [-0.39, 0.29) is 25.3 Å². The number of aryl methyl sites for hydroxylation is 2. The Morgan fingerprint density at radius 2 is 1.83 bits per heavy atom. The Bertz CT molecular complexity index is 1320. The van der Waals surface area contributed by atoms with Gasteiger partial charge in [0.1, 0.15) is 23.3 Å². The molecule has 1 aliphatic heterocycles. The Morgan fingerprint density at radius 1 is 1.17 bits per heavy atom. The third-order valence-corrected chi connectivity index (χ3v) is 8.14. The van der Waals surface area contributed by atoms with Gasteiger partial charge in [0.15, 0.2) is 0 Å². The molecule has 1 aromatic heterocycles. The summed E-state index contributed by atoms with van der Waals surface area (Å²) in [6.07, 6.45) is -0.242. The number of carbonyl (C=O) groups is 3. The maximum absolute atomic E-state index is 13.4. The fourth-order valence-electron chi connectivity index (χ4n) is 5.19. The third-order valence-electron chi connectivity index (χ3n) is 8.14. The standard InChI is InChI=1S/C32H47N3O7/c1-19-11-10-15-35(30(40)42-31(4,5)6)16-14-25(22-12-13-24-23(17-22)33-21(3)34(24)9)41-27(37)18-26(36)32(7,8)29(39)20(2)28(19)38/h10-13,17,19-20,25-26,28,36,38H,14-16,18H2,1-9H3/b11-10+/t19-,20+,25?,26-,28-/m0/s1. The van der Waals surface area contributed by atoms with Gasteiger partial charge in [0.2, 0.25) is 0 Å². The molecule has 0 fully saturated rings. The van der Waals surface area contributed by atoms with E-state index in [1.54, 1.807) is 60.6 Å². The number of ketones is 1. The summed E-state index contributed by atoms with van der Waals surface area (Å²) in [5, 5.41) is 21.9. The molecule has 0 bridgehead atoms. The van der Waals surface area contributed by atoms with Crippen molar-refractivity contribution in [1.29, 1.82) is 0 Å². The minimum Gasteiger partial charge on any atom is -0.457 e. The monoisotopic (exact) mass is 585 g/mol. The summed E-state index contributed by atoms with van der Waals surface area (Å²) in [6.45, 7) is 14.2. The molecule has 0 radical (unpaired) electrons. The van der Waals surface area contributed by atoms with Crippen molar-refractivity contribution < 1.29 is 34.1 Å². The number of benzene rings is 1. The van der Waals surface area contributed by atoms with Crippen molar-refractivity contribution in [1.82, 2.24) is 14.5 Å². The summed E-state index contributed by atoms with van der Waals surface area (Å²) >= 11 is 0. The first-order valence-electron chi connectivity index (χ1n) is 14.6. The molecular formula is C32H47N3O7. The molecular weight excluding hydrogens is 538 g/mol. The molecule has 1 amide bonds. The molecule has 5 atom stereocenters. The Kier molecular flexibility index (Phi) is 10.3. The van der Waals surface area contributed by atoms with Gasteiger partial charge in [-0.25, -0.2) is 9.78 Å². The van der Waals surface area contributed by atoms with Crippen molar-refractivity contribution in [3.8, 4) is 0 Å². The lowest BCUT2D eigenvalue weighted by Crippen LogP contribution is -2.45. The zero-order valence-corrected chi connectivity index (χ0v) is 26.4. The molecule has 1 aliphatic rings. The van der Waals surface area contributed by atoms with E-state index in [1.807, 2.05) is 36.7 Å². The van der Waals surface area contributed by atoms with E-state index in [1.165, 1.54) is 4.90 Å². The first-order valence-corrected chi connectivity index (χ1v) is 14.6. The van der Waals surface area contributed by atoms with Crippen LogP contribution in [0.3, 0.4) is 0 Å². The van der Waals surface area contributed by atoms with Gasteiger partial charge < -0.3 is 29.2 Å². The number of esters is 1. The maximum atomic E-state index is 13.4. The number of ether oxygens (including phenoxy) is 2. The van der Waals surface area contributed by atoms with Gasteiger partial charge in [-0.1, -0.05) is 45.9 Å². The Balaban J connectivity index is 2.02. The van der Waals surface area contributed by atoms with E-state index < -0.39 is 59.6 Å². The molecule has 232 valence electrons. The highest BCUT2D eigenvalue weighted by Gasteiger charge is 2.42. The van der Waals surface area contributed by atoms with Crippen LogP contribution in [0.25, 0.3) is 11.0 Å². The third kappa shape index (κ3) is 7.77. The molecule has 1 aromatic carbocycles. The van der Waals surface area contributed by atoms with Crippen molar-refractivity contribution in [2.24, 2.45) is 24.3 Å². The van der Waals surface area contributed by atoms with Crippen LogP contribution in [0.5, 0.6) is 0 Å². The van der Waals surface area contributed by atoms with Gasteiger partial charge in [-0.2, -0.15) is 0 Å². The van der Waals surface area contributed by atoms with E-state index >= 15 is 0 Å². The molecule has 2 N–H and O–H groups in total. The van der Waals surface area contributed by atoms with Crippen LogP contribution in [0.4, 0.5) is 4.79 Å². The first kappa shape index (κ1) is 33.3. The minimum atomic E-state index is -1.33. The second-order valence-corrected chi connectivity index (χ2v) is 13.0. The van der Waals surface area contributed by atoms with Crippen molar-refractivity contribution >= 4 is 28.9 Å². The Morgan fingerprint density at radius 3 is 2.48 bits per heavy atom. The SMILES string of the molecule is Cc1nc2cc(C3CCN(C(=O)OC(C)(C)C)C/C=C/[C@H](C)[C@H](O)[C@@H](C)C(=O)C(C)(C)[C@@H](O)CC(=O)O3)ccc2n1C. The number of hydrogen-bond acceptors (Lipinski definition) is 8. The van der Waals surface area contributed by atoms with E-state index in [0.717, 1.165) is 16.9 Å². The van der Waals surface area contributed by atoms with E-state index in [4.69, 9.17) is 9.47 Å². The lowest BCUT2D eigenvalue weighted by molar-refractivity contribution is -0.156. The fraction of sp³-hybridized carbons (Fsp3) is 0.625. The molecule has 0 saturated carbocycles. The van der Waals surface area contributed by atoms with Crippen molar-refractivity contribution in [3.05, 3.63) is 41.7 Å².